The van der Waals surface area contributed by atoms with E-state index < -0.39 is 0 Å². The van der Waals surface area contributed by atoms with Crippen LogP contribution in [0.3, 0.4) is 0 Å². The summed E-state index contributed by atoms with van der Waals surface area (Å²) >= 11 is 0. The molecule has 0 aliphatic carbocycles. The second-order valence-electron chi connectivity index (χ2n) is 5.43. The van der Waals surface area contributed by atoms with E-state index in [1.165, 1.54) is 0 Å². The summed E-state index contributed by atoms with van der Waals surface area (Å²) in [7, 11) is 3.94. The number of benzene rings is 1. The topological polar surface area (TPSA) is 52.7 Å². The molecule has 0 aliphatic rings. The molecule has 2 amide bonds. The SMILES string of the molecule is CC(=O)N(CCNC(=O)c1cccc(C)c1)CCN(C)C. The highest BCUT2D eigenvalue weighted by atomic mass is 16.2. The maximum atomic E-state index is 12.0. The van der Waals surface area contributed by atoms with Gasteiger partial charge in [0.1, 0.15) is 0 Å². The fraction of sp³-hybridized carbons (Fsp3) is 0.500. The number of amides is 2. The zero-order valence-corrected chi connectivity index (χ0v) is 13.3. The Morgan fingerprint density at radius 2 is 1.86 bits per heavy atom. The van der Waals surface area contributed by atoms with Gasteiger partial charge in [-0.05, 0) is 33.2 Å². The Morgan fingerprint density at radius 3 is 2.43 bits per heavy atom. The van der Waals surface area contributed by atoms with Crippen LogP contribution in [0.5, 0.6) is 0 Å². The van der Waals surface area contributed by atoms with Crippen LogP contribution in [0, 0.1) is 6.92 Å². The molecule has 5 heteroatoms. The molecule has 0 saturated carbocycles. The van der Waals surface area contributed by atoms with Crippen molar-refractivity contribution in [1.29, 1.82) is 0 Å². The van der Waals surface area contributed by atoms with Crippen LogP contribution in [0.1, 0.15) is 22.8 Å². The molecule has 0 aliphatic heterocycles. The van der Waals surface area contributed by atoms with Crippen molar-refractivity contribution in [1.82, 2.24) is 15.1 Å². The first kappa shape index (κ1) is 17.2. The van der Waals surface area contributed by atoms with Crippen molar-refractivity contribution in [2.24, 2.45) is 0 Å². The number of likely N-dealkylation sites (N-methyl/N-ethyl adjacent to an activating group) is 1. The number of carbonyl (C=O) groups is 2. The van der Waals surface area contributed by atoms with E-state index >= 15 is 0 Å². The van der Waals surface area contributed by atoms with E-state index in [4.69, 9.17) is 0 Å². The van der Waals surface area contributed by atoms with Crippen molar-refractivity contribution in [2.75, 3.05) is 40.3 Å². The first-order valence-electron chi connectivity index (χ1n) is 7.15. The number of hydrogen-bond donors (Lipinski definition) is 1. The Kier molecular flexibility index (Phi) is 6.88. The van der Waals surface area contributed by atoms with E-state index in [0.717, 1.165) is 12.1 Å². The van der Waals surface area contributed by atoms with E-state index in [1.54, 1.807) is 17.9 Å². The number of nitrogens with zero attached hydrogens (tertiary/aromatic N) is 2. The van der Waals surface area contributed by atoms with Crippen molar-refractivity contribution in [3.8, 4) is 0 Å². The Morgan fingerprint density at radius 1 is 1.14 bits per heavy atom. The largest absolute Gasteiger partial charge is 0.350 e. The second kappa shape index (κ2) is 8.42. The maximum Gasteiger partial charge on any atom is 0.251 e. The van der Waals surface area contributed by atoms with Gasteiger partial charge in [0.15, 0.2) is 0 Å². The van der Waals surface area contributed by atoms with Crippen molar-refractivity contribution in [3.05, 3.63) is 35.4 Å². The van der Waals surface area contributed by atoms with Gasteiger partial charge in [0, 0.05) is 38.7 Å². The Bertz CT molecular complexity index is 486. The van der Waals surface area contributed by atoms with Crippen molar-refractivity contribution in [2.45, 2.75) is 13.8 Å². The molecule has 0 heterocycles. The lowest BCUT2D eigenvalue weighted by Gasteiger charge is -2.23. The zero-order chi connectivity index (χ0) is 15.8. The molecular formula is C16H25N3O2. The van der Waals surface area contributed by atoms with Gasteiger partial charge in [0.2, 0.25) is 5.91 Å². The lowest BCUT2D eigenvalue weighted by Crippen LogP contribution is -2.40. The summed E-state index contributed by atoms with van der Waals surface area (Å²) in [4.78, 5) is 27.3. The molecule has 1 rings (SSSR count). The summed E-state index contributed by atoms with van der Waals surface area (Å²) in [6, 6.07) is 7.46. The molecule has 0 bridgehead atoms. The first-order valence-corrected chi connectivity index (χ1v) is 7.15. The minimum Gasteiger partial charge on any atom is -0.350 e. The van der Waals surface area contributed by atoms with E-state index in [2.05, 4.69) is 5.32 Å². The summed E-state index contributed by atoms with van der Waals surface area (Å²) in [5, 5.41) is 2.85. The van der Waals surface area contributed by atoms with E-state index in [-0.39, 0.29) is 11.8 Å². The number of rotatable bonds is 7. The fourth-order valence-electron chi connectivity index (χ4n) is 1.94. The predicted molar refractivity (Wildman–Crippen MR) is 84.3 cm³/mol. The fourth-order valence-corrected chi connectivity index (χ4v) is 1.94. The van der Waals surface area contributed by atoms with Crippen LogP contribution in [0.4, 0.5) is 0 Å². The molecule has 1 aromatic carbocycles. The van der Waals surface area contributed by atoms with Gasteiger partial charge in [0.05, 0.1) is 0 Å². The maximum absolute atomic E-state index is 12.0. The van der Waals surface area contributed by atoms with Crippen LogP contribution in [-0.2, 0) is 4.79 Å². The first-order chi connectivity index (χ1) is 9.90. The van der Waals surface area contributed by atoms with Gasteiger partial charge in [-0.25, -0.2) is 0 Å². The van der Waals surface area contributed by atoms with Gasteiger partial charge in [-0.3, -0.25) is 9.59 Å². The predicted octanol–water partition coefficient (Wildman–Crippen LogP) is 1.13. The van der Waals surface area contributed by atoms with Crippen LogP contribution >= 0.6 is 0 Å². The van der Waals surface area contributed by atoms with Crippen LogP contribution in [0.2, 0.25) is 0 Å². The zero-order valence-electron chi connectivity index (χ0n) is 13.3. The van der Waals surface area contributed by atoms with E-state index in [9.17, 15) is 9.59 Å². The third-order valence-corrected chi connectivity index (χ3v) is 3.21. The van der Waals surface area contributed by atoms with E-state index in [1.807, 2.05) is 44.1 Å². The molecule has 0 saturated heterocycles. The molecule has 0 unspecified atom stereocenters. The minimum absolute atomic E-state index is 0.0293. The summed E-state index contributed by atoms with van der Waals surface area (Å²) < 4.78 is 0. The van der Waals surface area contributed by atoms with Gasteiger partial charge in [-0.2, -0.15) is 0 Å². The molecule has 0 radical (unpaired) electrons. The number of hydrogen-bond acceptors (Lipinski definition) is 3. The van der Waals surface area contributed by atoms with E-state index in [0.29, 0.717) is 25.2 Å². The van der Waals surface area contributed by atoms with Crippen molar-refractivity contribution in [3.63, 3.8) is 0 Å². The van der Waals surface area contributed by atoms with Crippen molar-refractivity contribution < 1.29 is 9.59 Å². The normalized spacial score (nSPS) is 10.5. The second-order valence-corrected chi connectivity index (χ2v) is 5.43. The smallest absolute Gasteiger partial charge is 0.251 e. The summed E-state index contributed by atoms with van der Waals surface area (Å²) in [5.74, 6) is -0.0727. The number of carbonyl (C=O) groups excluding carboxylic acids is 2. The molecule has 0 atom stereocenters. The molecule has 0 spiro atoms. The van der Waals surface area contributed by atoms with Crippen molar-refractivity contribution >= 4 is 11.8 Å². The highest BCUT2D eigenvalue weighted by Gasteiger charge is 2.10. The van der Waals surface area contributed by atoms with Gasteiger partial charge < -0.3 is 15.1 Å². The molecule has 0 aromatic heterocycles. The van der Waals surface area contributed by atoms with Crippen LogP contribution in [0.25, 0.3) is 0 Å². The molecule has 0 fully saturated rings. The molecule has 1 N–H and O–H groups in total. The highest BCUT2D eigenvalue weighted by Crippen LogP contribution is 2.03. The lowest BCUT2D eigenvalue weighted by molar-refractivity contribution is -0.128. The summed E-state index contributed by atoms with van der Waals surface area (Å²) in [6.07, 6.45) is 0. The number of nitrogens with one attached hydrogen (secondary N) is 1. The van der Waals surface area contributed by atoms with Gasteiger partial charge in [-0.1, -0.05) is 17.7 Å². The molecule has 1 aromatic rings. The molecule has 116 valence electrons. The lowest BCUT2D eigenvalue weighted by atomic mass is 10.1. The quantitative estimate of drug-likeness (QED) is 0.819. The Hall–Kier alpha value is -1.88. The molecular weight excluding hydrogens is 266 g/mol. The average Bonchev–Trinajstić information content (AvgIpc) is 2.41. The molecule has 21 heavy (non-hydrogen) atoms. The third kappa shape index (κ3) is 6.40. The minimum atomic E-state index is -0.102. The Balaban J connectivity index is 2.43. The number of aryl methyl sites for hydroxylation is 1. The van der Waals surface area contributed by atoms with Crippen LogP contribution in [-0.4, -0.2) is 61.9 Å². The third-order valence-electron chi connectivity index (χ3n) is 3.21. The Labute approximate surface area is 126 Å². The summed E-state index contributed by atoms with van der Waals surface area (Å²) in [6.45, 7) is 5.97. The van der Waals surface area contributed by atoms with Crippen LogP contribution in [0.15, 0.2) is 24.3 Å². The van der Waals surface area contributed by atoms with Gasteiger partial charge in [-0.15, -0.1) is 0 Å². The van der Waals surface area contributed by atoms with Gasteiger partial charge >= 0.3 is 0 Å². The molecule has 5 nitrogen and oxygen atoms in total. The van der Waals surface area contributed by atoms with Crippen LogP contribution < -0.4 is 5.32 Å². The standard InChI is InChI=1S/C16H25N3O2/c1-13-6-5-7-15(12-13)16(21)17-8-9-19(14(2)20)11-10-18(3)4/h5-7,12H,8-11H2,1-4H3,(H,17,21). The highest BCUT2D eigenvalue weighted by molar-refractivity contribution is 5.94. The van der Waals surface area contributed by atoms with Gasteiger partial charge in [0.25, 0.3) is 5.91 Å². The monoisotopic (exact) mass is 291 g/mol. The average molecular weight is 291 g/mol. The summed E-state index contributed by atoms with van der Waals surface area (Å²) in [5.41, 5.74) is 1.71.